The molecule has 1 N–H and O–H groups in total. The highest BCUT2D eigenvalue weighted by Gasteiger charge is 2.38. The summed E-state index contributed by atoms with van der Waals surface area (Å²) in [6, 6.07) is 2.40. The van der Waals surface area contributed by atoms with Crippen molar-refractivity contribution in [3.8, 4) is 0 Å². The Labute approximate surface area is 154 Å². The van der Waals surface area contributed by atoms with Crippen molar-refractivity contribution in [2.45, 2.75) is 26.3 Å². The number of fused-ring (bicyclic) bond motifs is 1. The molecule has 10 nitrogen and oxygen atoms in total. The molecule has 0 aromatic heterocycles. The zero-order valence-electron chi connectivity index (χ0n) is 15.1. The Morgan fingerprint density at radius 2 is 1.85 bits per heavy atom. The van der Waals surface area contributed by atoms with Crippen molar-refractivity contribution in [1.82, 2.24) is 10.2 Å². The van der Waals surface area contributed by atoms with Gasteiger partial charge in [-0.3, -0.25) is 29.4 Å². The Kier molecular flexibility index (Phi) is 5.88. The number of carbonyl (C=O) groups is 4. The van der Waals surface area contributed by atoms with Crippen LogP contribution >= 0.6 is 0 Å². The average Bonchev–Trinajstić information content (AvgIpc) is 2.84. The van der Waals surface area contributed by atoms with Gasteiger partial charge in [-0.15, -0.1) is 0 Å². The molecular weight excluding hydrogens is 358 g/mol. The summed E-state index contributed by atoms with van der Waals surface area (Å²) in [5, 5.41) is 13.3. The van der Waals surface area contributed by atoms with Crippen LogP contribution in [0.25, 0.3) is 0 Å². The molecule has 3 amide bonds. The second kappa shape index (κ2) is 7.94. The highest BCUT2D eigenvalue weighted by Crippen LogP contribution is 2.26. The number of rotatable bonds is 7. The number of methoxy groups -OCH3 is 1. The van der Waals surface area contributed by atoms with Crippen LogP contribution < -0.4 is 5.32 Å². The molecule has 10 heteroatoms. The minimum atomic E-state index is -0.904. The molecule has 0 saturated heterocycles. The van der Waals surface area contributed by atoms with Crippen LogP contribution in [0.3, 0.4) is 0 Å². The Bertz CT molecular complexity index is 819. The number of ether oxygens (including phenoxy) is 1. The quantitative estimate of drug-likeness (QED) is 0.322. The number of hydrogen-bond acceptors (Lipinski definition) is 7. The normalized spacial score (nSPS) is 14.1. The molecule has 1 heterocycles. The Balaban J connectivity index is 2.14. The molecule has 0 unspecified atom stereocenters. The molecule has 144 valence electrons. The smallest absolute Gasteiger partial charge is 0.328 e. The van der Waals surface area contributed by atoms with E-state index in [4.69, 9.17) is 0 Å². The first kappa shape index (κ1) is 20.0. The molecule has 1 aromatic carbocycles. The number of esters is 1. The number of nitrogens with zero attached hydrogens (tertiary/aromatic N) is 2. The van der Waals surface area contributed by atoms with Gasteiger partial charge in [-0.05, 0) is 18.4 Å². The van der Waals surface area contributed by atoms with E-state index < -0.39 is 41.2 Å². The molecule has 27 heavy (non-hydrogen) atoms. The first-order valence-electron chi connectivity index (χ1n) is 8.17. The van der Waals surface area contributed by atoms with Crippen molar-refractivity contribution in [2.24, 2.45) is 5.92 Å². The van der Waals surface area contributed by atoms with Gasteiger partial charge < -0.3 is 10.1 Å². The zero-order chi connectivity index (χ0) is 20.3. The van der Waals surface area contributed by atoms with Crippen molar-refractivity contribution in [1.29, 1.82) is 0 Å². The summed E-state index contributed by atoms with van der Waals surface area (Å²) in [6.45, 7) is 3.12. The lowest BCUT2D eigenvalue weighted by atomic mass is 10.0. The van der Waals surface area contributed by atoms with Crippen molar-refractivity contribution in [2.75, 3.05) is 13.7 Å². The van der Waals surface area contributed by atoms with E-state index in [9.17, 15) is 29.3 Å². The summed E-state index contributed by atoms with van der Waals surface area (Å²) in [5.41, 5.74) is -0.470. The maximum Gasteiger partial charge on any atom is 0.328 e. The van der Waals surface area contributed by atoms with Gasteiger partial charge in [0, 0.05) is 12.1 Å². The zero-order valence-corrected chi connectivity index (χ0v) is 15.1. The average molecular weight is 377 g/mol. The lowest BCUT2D eigenvalue weighted by Crippen LogP contribution is -2.47. The van der Waals surface area contributed by atoms with Gasteiger partial charge in [0.25, 0.3) is 17.5 Å². The summed E-state index contributed by atoms with van der Waals surface area (Å²) < 4.78 is 4.65. The van der Waals surface area contributed by atoms with Gasteiger partial charge in [0.2, 0.25) is 5.91 Å². The van der Waals surface area contributed by atoms with Crippen LogP contribution in [0.2, 0.25) is 0 Å². The third-order valence-electron chi connectivity index (χ3n) is 3.99. The van der Waals surface area contributed by atoms with E-state index in [0.717, 1.165) is 12.1 Å². The van der Waals surface area contributed by atoms with Gasteiger partial charge in [-0.2, -0.15) is 0 Å². The monoisotopic (exact) mass is 377 g/mol. The summed E-state index contributed by atoms with van der Waals surface area (Å²) in [7, 11) is 1.19. The lowest BCUT2D eigenvalue weighted by Gasteiger charge is -2.20. The second-order valence-corrected chi connectivity index (χ2v) is 6.46. The summed E-state index contributed by atoms with van der Waals surface area (Å²) in [4.78, 5) is 59.6. The van der Waals surface area contributed by atoms with E-state index in [2.05, 4.69) is 10.1 Å². The van der Waals surface area contributed by atoms with E-state index in [-0.39, 0.29) is 22.7 Å². The van der Waals surface area contributed by atoms with E-state index in [1.165, 1.54) is 13.2 Å². The van der Waals surface area contributed by atoms with E-state index >= 15 is 0 Å². The topological polar surface area (TPSA) is 136 Å². The van der Waals surface area contributed by atoms with Gasteiger partial charge in [0.15, 0.2) is 0 Å². The molecule has 0 saturated carbocycles. The third-order valence-corrected chi connectivity index (χ3v) is 3.99. The van der Waals surface area contributed by atoms with Gasteiger partial charge in [-0.25, -0.2) is 4.79 Å². The lowest BCUT2D eigenvalue weighted by molar-refractivity contribution is -0.384. The van der Waals surface area contributed by atoms with Crippen LogP contribution in [0.1, 0.15) is 41.0 Å². The molecule has 1 atom stereocenters. The molecule has 0 aliphatic carbocycles. The predicted molar refractivity (Wildman–Crippen MR) is 91.9 cm³/mol. The number of carbonyl (C=O) groups excluding carboxylic acids is 4. The standard InChI is InChI=1S/C17H19N3O7/c1-9(2)6-13(17(24)27-3)18-14(21)8-19-15(22)11-5-4-10(20(25)26)7-12(11)16(19)23/h4-5,7,9,13H,6,8H2,1-3H3,(H,18,21)/t13-/m0/s1. The van der Waals surface area contributed by atoms with Crippen molar-refractivity contribution in [3.05, 3.63) is 39.4 Å². The number of hydrogen-bond donors (Lipinski definition) is 1. The SMILES string of the molecule is COC(=O)[C@H](CC(C)C)NC(=O)CN1C(=O)c2ccc([N+](=O)[O-])cc2C1=O. The number of benzene rings is 1. The number of amides is 3. The van der Waals surface area contributed by atoms with E-state index in [0.29, 0.717) is 11.3 Å². The molecule has 0 bridgehead atoms. The van der Waals surface area contributed by atoms with Crippen molar-refractivity contribution >= 4 is 29.4 Å². The van der Waals surface area contributed by atoms with Crippen LogP contribution in [-0.4, -0.2) is 53.2 Å². The van der Waals surface area contributed by atoms with Crippen LogP contribution in [0.15, 0.2) is 18.2 Å². The summed E-state index contributed by atoms with van der Waals surface area (Å²) >= 11 is 0. The highest BCUT2D eigenvalue weighted by atomic mass is 16.6. The van der Waals surface area contributed by atoms with E-state index in [1.807, 2.05) is 13.8 Å². The maximum atomic E-state index is 12.4. The fourth-order valence-electron chi connectivity index (χ4n) is 2.75. The summed E-state index contributed by atoms with van der Waals surface area (Å²) in [6.07, 6.45) is 0.326. The minimum absolute atomic E-state index is 0.00917. The Morgan fingerprint density at radius 1 is 1.22 bits per heavy atom. The van der Waals surface area contributed by atoms with Crippen LogP contribution in [0.4, 0.5) is 5.69 Å². The number of nitro groups is 1. The first-order chi connectivity index (χ1) is 12.6. The largest absolute Gasteiger partial charge is 0.467 e. The molecule has 2 rings (SSSR count). The number of nitro benzene ring substituents is 1. The molecule has 1 aliphatic heterocycles. The first-order valence-corrected chi connectivity index (χ1v) is 8.17. The van der Waals surface area contributed by atoms with Gasteiger partial charge in [0.1, 0.15) is 12.6 Å². The van der Waals surface area contributed by atoms with Gasteiger partial charge >= 0.3 is 5.97 Å². The number of nitrogens with one attached hydrogen (secondary N) is 1. The highest BCUT2D eigenvalue weighted by molar-refractivity contribution is 6.22. The molecule has 0 spiro atoms. The second-order valence-electron chi connectivity index (χ2n) is 6.46. The molecular formula is C17H19N3O7. The van der Waals surface area contributed by atoms with Crippen LogP contribution in [0, 0.1) is 16.0 Å². The molecule has 0 radical (unpaired) electrons. The predicted octanol–water partition coefficient (Wildman–Crippen LogP) is 0.895. The van der Waals surface area contributed by atoms with Crippen molar-refractivity contribution < 1.29 is 28.8 Å². The Hall–Kier alpha value is -3.30. The Morgan fingerprint density at radius 3 is 2.41 bits per heavy atom. The minimum Gasteiger partial charge on any atom is -0.467 e. The van der Waals surface area contributed by atoms with E-state index in [1.54, 1.807) is 0 Å². The molecule has 1 aromatic rings. The van der Waals surface area contributed by atoms with Gasteiger partial charge in [0.05, 0.1) is 23.2 Å². The fourth-order valence-corrected chi connectivity index (χ4v) is 2.75. The van der Waals surface area contributed by atoms with Crippen LogP contribution in [0.5, 0.6) is 0 Å². The summed E-state index contributed by atoms with van der Waals surface area (Å²) in [5.74, 6) is -2.77. The van der Waals surface area contributed by atoms with Gasteiger partial charge in [-0.1, -0.05) is 13.8 Å². The number of non-ortho nitro benzene ring substituents is 1. The van der Waals surface area contributed by atoms with Crippen LogP contribution in [-0.2, 0) is 14.3 Å². The maximum absolute atomic E-state index is 12.4. The number of imide groups is 1. The van der Waals surface area contributed by atoms with Crippen molar-refractivity contribution in [3.63, 3.8) is 0 Å². The molecule has 1 aliphatic rings. The fraction of sp³-hybridized carbons (Fsp3) is 0.412. The molecule has 0 fully saturated rings. The third kappa shape index (κ3) is 4.27.